The Labute approximate surface area is 99.6 Å². The maximum absolute atomic E-state index is 3.40. The Kier molecular flexibility index (Phi) is 5.87. The van der Waals surface area contributed by atoms with E-state index in [0.717, 1.165) is 19.5 Å². The van der Waals surface area contributed by atoms with Crippen molar-refractivity contribution >= 4 is 6.08 Å². The van der Waals surface area contributed by atoms with Gasteiger partial charge in [-0.1, -0.05) is 37.3 Å². The normalized spacial score (nSPS) is 11.2. The summed E-state index contributed by atoms with van der Waals surface area (Å²) in [6, 6.07) is 6.46. The summed E-state index contributed by atoms with van der Waals surface area (Å²) in [7, 11) is 0. The lowest BCUT2D eigenvalue weighted by Gasteiger charge is -2.03. The summed E-state index contributed by atoms with van der Waals surface area (Å²) < 4.78 is 0. The van der Waals surface area contributed by atoms with Gasteiger partial charge >= 0.3 is 0 Å². The molecular formula is C15H23N. The van der Waals surface area contributed by atoms with E-state index in [1.54, 1.807) is 0 Å². The minimum Gasteiger partial charge on any atom is -0.316 e. The van der Waals surface area contributed by atoms with E-state index in [1.807, 2.05) is 0 Å². The first kappa shape index (κ1) is 13.0. The van der Waals surface area contributed by atoms with Gasteiger partial charge in [0, 0.05) is 0 Å². The second kappa shape index (κ2) is 7.24. The first-order valence-corrected chi connectivity index (χ1v) is 6.19. The van der Waals surface area contributed by atoms with Crippen LogP contribution in [0.5, 0.6) is 0 Å². The Morgan fingerprint density at radius 3 is 2.75 bits per heavy atom. The molecule has 1 heteroatoms. The maximum atomic E-state index is 3.40. The summed E-state index contributed by atoms with van der Waals surface area (Å²) in [5.74, 6) is 0. The summed E-state index contributed by atoms with van der Waals surface area (Å²) in [5, 5.41) is 3.40. The molecule has 0 fully saturated rings. The average molecular weight is 217 g/mol. The van der Waals surface area contributed by atoms with Crippen LogP contribution in [0.3, 0.4) is 0 Å². The minimum absolute atomic E-state index is 1.08. The Bertz CT molecular complexity index is 339. The van der Waals surface area contributed by atoms with Crippen LogP contribution in [0.4, 0.5) is 0 Å². The summed E-state index contributed by atoms with van der Waals surface area (Å²) in [5.41, 5.74) is 4.10. The van der Waals surface area contributed by atoms with Crippen LogP contribution in [0.2, 0.25) is 0 Å². The Morgan fingerprint density at radius 2 is 2.00 bits per heavy atom. The quantitative estimate of drug-likeness (QED) is 0.716. The van der Waals surface area contributed by atoms with E-state index in [4.69, 9.17) is 0 Å². The van der Waals surface area contributed by atoms with E-state index in [2.05, 4.69) is 56.4 Å². The molecule has 0 aromatic heterocycles. The Balaban J connectivity index is 2.41. The van der Waals surface area contributed by atoms with Crippen molar-refractivity contribution in [3.8, 4) is 0 Å². The highest BCUT2D eigenvalue weighted by atomic mass is 14.8. The molecule has 0 aliphatic carbocycles. The number of nitrogens with one attached hydrogen (secondary N) is 1. The van der Waals surface area contributed by atoms with Crippen LogP contribution in [-0.2, 0) is 0 Å². The molecule has 0 bridgehead atoms. The van der Waals surface area contributed by atoms with Gasteiger partial charge < -0.3 is 5.32 Å². The zero-order chi connectivity index (χ0) is 11.8. The van der Waals surface area contributed by atoms with Gasteiger partial charge in [-0.15, -0.1) is 0 Å². The first-order chi connectivity index (χ1) is 7.75. The van der Waals surface area contributed by atoms with Gasteiger partial charge in [-0.25, -0.2) is 0 Å². The topological polar surface area (TPSA) is 12.0 Å². The van der Waals surface area contributed by atoms with Crippen molar-refractivity contribution in [1.82, 2.24) is 5.32 Å². The van der Waals surface area contributed by atoms with Crippen LogP contribution in [-0.4, -0.2) is 13.1 Å². The lowest BCUT2D eigenvalue weighted by Crippen LogP contribution is -2.14. The van der Waals surface area contributed by atoms with Crippen molar-refractivity contribution in [2.24, 2.45) is 0 Å². The number of aryl methyl sites for hydroxylation is 1. The monoisotopic (exact) mass is 217 g/mol. The third-order valence-corrected chi connectivity index (χ3v) is 2.86. The lowest BCUT2D eigenvalue weighted by molar-refractivity contribution is 0.679. The van der Waals surface area contributed by atoms with Crippen molar-refractivity contribution in [2.45, 2.75) is 33.6 Å². The number of benzene rings is 1. The summed E-state index contributed by atoms with van der Waals surface area (Å²) in [4.78, 5) is 0. The summed E-state index contributed by atoms with van der Waals surface area (Å²) in [6.07, 6.45) is 6.80. The second-order valence-corrected chi connectivity index (χ2v) is 4.23. The molecule has 1 nitrogen and oxygen atoms in total. The van der Waals surface area contributed by atoms with Gasteiger partial charge in [0.2, 0.25) is 0 Å². The summed E-state index contributed by atoms with van der Waals surface area (Å²) >= 11 is 0. The highest BCUT2D eigenvalue weighted by Crippen LogP contribution is 2.14. The van der Waals surface area contributed by atoms with Crippen LogP contribution < -0.4 is 5.32 Å². The molecule has 0 aliphatic rings. The molecule has 0 amide bonds. The summed E-state index contributed by atoms with van der Waals surface area (Å²) in [6.45, 7) is 8.74. The molecule has 1 aromatic rings. The van der Waals surface area contributed by atoms with Gasteiger partial charge in [-0.05, 0) is 56.5 Å². The molecule has 0 unspecified atom stereocenters. The fourth-order valence-corrected chi connectivity index (χ4v) is 1.65. The molecular weight excluding hydrogens is 194 g/mol. The van der Waals surface area contributed by atoms with Gasteiger partial charge in [0.15, 0.2) is 0 Å². The molecule has 0 atom stereocenters. The zero-order valence-corrected chi connectivity index (χ0v) is 10.7. The second-order valence-electron chi connectivity index (χ2n) is 4.23. The lowest BCUT2D eigenvalue weighted by atomic mass is 10.0. The molecule has 1 rings (SSSR count). The van der Waals surface area contributed by atoms with Gasteiger partial charge in [0.05, 0.1) is 0 Å². The number of hydrogen-bond donors (Lipinski definition) is 1. The third-order valence-electron chi connectivity index (χ3n) is 2.86. The fourth-order valence-electron chi connectivity index (χ4n) is 1.65. The highest BCUT2D eigenvalue weighted by Gasteiger charge is 1.95. The third kappa shape index (κ3) is 4.19. The Hall–Kier alpha value is -1.08. The predicted molar refractivity (Wildman–Crippen MR) is 72.7 cm³/mol. The zero-order valence-electron chi connectivity index (χ0n) is 10.7. The van der Waals surface area contributed by atoms with Crippen LogP contribution in [0, 0.1) is 13.8 Å². The average Bonchev–Trinajstić information content (AvgIpc) is 2.29. The SMILES string of the molecule is CCCNCCC=Cc1cccc(C)c1C. The van der Waals surface area contributed by atoms with Crippen molar-refractivity contribution in [1.29, 1.82) is 0 Å². The molecule has 0 saturated carbocycles. The van der Waals surface area contributed by atoms with Gasteiger partial charge in [-0.3, -0.25) is 0 Å². The van der Waals surface area contributed by atoms with Crippen molar-refractivity contribution < 1.29 is 0 Å². The van der Waals surface area contributed by atoms with E-state index in [9.17, 15) is 0 Å². The molecule has 0 aliphatic heterocycles. The molecule has 16 heavy (non-hydrogen) atoms. The standard InChI is InChI=1S/C15H23N/c1-4-11-16-12-6-5-9-15-10-7-8-13(2)14(15)3/h5,7-10,16H,4,6,11-12H2,1-3H3. The molecule has 88 valence electrons. The molecule has 0 radical (unpaired) electrons. The van der Waals surface area contributed by atoms with E-state index < -0.39 is 0 Å². The van der Waals surface area contributed by atoms with Crippen LogP contribution in [0.1, 0.15) is 36.5 Å². The predicted octanol–water partition coefficient (Wildman–Crippen LogP) is 3.71. The van der Waals surface area contributed by atoms with Crippen LogP contribution in [0.25, 0.3) is 6.08 Å². The molecule has 0 saturated heterocycles. The van der Waals surface area contributed by atoms with E-state index in [0.29, 0.717) is 0 Å². The largest absolute Gasteiger partial charge is 0.316 e. The van der Waals surface area contributed by atoms with Crippen molar-refractivity contribution in [3.05, 3.63) is 41.0 Å². The molecule has 0 spiro atoms. The number of hydrogen-bond acceptors (Lipinski definition) is 1. The smallest absolute Gasteiger partial charge is 0.00142 e. The van der Waals surface area contributed by atoms with E-state index >= 15 is 0 Å². The van der Waals surface area contributed by atoms with Crippen molar-refractivity contribution in [2.75, 3.05) is 13.1 Å². The number of rotatable bonds is 6. The molecule has 1 N–H and O–H groups in total. The maximum Gasteiger partial charge on any atom is -0.00142 e. The molecule has 1 aromatic carbocycles. The van der Waals surface area contributed by atoms with Gasteiger partial charge in [0.1, 0.15) is 0 Å². The van der Waals surface area contributed by atoms with Crippen LogP contribution >= 0.6 is 0 Å². The van der Waals surface area contributed by atoms with Crippen LogP contribution in [0.15, 0.2) is 24.3 Å². The molecule has 0 heterocycles. The van der Waals surface area contributed by atoms with Gasteiger partial charge in [-0.2, -0.15) is 0 Å². The Morgan fingerprint density at radius 1 is 1.19 bits per heavy atom. The van der Waals surface area contributed by atoms with E-state index in [1.165, 1.54) is 23.1 Å². The fraction of sp³-hybridized carbons (Fsp3) is 0.467. The van der Waals surface area contributed by atoms with Gasteiger partial charge in [0.25, 0.3) is 0 Å². The van der Waals surface area contributed by atoms with Crippen molar-refractivity contribution in [3.63, 3.8) is 0 Å². The first-order valence-electron chi connectivity index (χ1n) is 6.19. The minimum atomic E-state index is 1.08. The van der Waals surface area contributed by atoms with E-state index in [-0.39, 0.29) is 0 Å². The highest BCUT2D eigenvalue weighted by molar-refractivity contribution is 5.55.